The molecular formula is C14H21FN2O. The predicted octanol–water partition coefficient (Wildman–Crippen LogP) is 2.00. The van der Waals surface area contributed by atoms with Crippen LogP contribution in [-0.2, 0) is 0 Å². The Balaban J connectivity index is 2.12. The number of nitrogens with one attached hydrogen (secondary N) is 1. The van der Waals surface area contributed by atoms with E-state index in [1.165, 1.54) is 0 Å². The fourth-order valence-corrected chi connectivity index (χ4v) is 2.37. The Kier molecular flexibility index (Phi) is 4.96. The highest BCUT2D eigenvalue weighted by Crippen LogP contribution is 2.25. The highest BCUT2D eigenvalue weighted by Gasteiger charge is 2.22. The maximum absolute atomic E-state index is 13.3. The lowest BCUT2D eigenvalue weighted by molar-refractivity contribution is 0.147. The van der Waals surface area contributed by atoms with Crippen LogP contribution in [0.25, 0.3) is 0 Å². The second-order valence-electron chi connectivity index (χ2n) is 4.46. The summed E-state index contributed by atoms with van der Waals surface area (Å²) in [6.07, 6.45) is 0. The van der Waals surface area contributed by atoms with Gasteiger partial charge in [-0.05, 0) is 24.6 Å². The number of nitrogens with zero attached hydrogens (tertiary/aromatic N) is 1. The summed E-state index contributed by atoms with van der Waals surface area (Å²) in [5.74, 6) is 0.823. The topological polar surface area (TPSA) is 24.5 Å². The second kappa shape index (κ2) is 6.71. The molecule has 1 aliphatic rings. The average molecular weight is 252 g/mol. The van der Waals surface area contributed by atoms with Crippen molar-refractivity contribution < 1.29 is 9.13 Å². The largest absolute Gasteiger partial charge is 0.494 e. The van der Waals surface area contributed by atoms with Gasteiger partial charge in [0.2, 0.25) is 0 Å². The van der Waals surface area contributed by atoms with Crippen molar-refractivity contribution in [3.63, 3.8) is 0 Å². The summed E-state index contributed by atoms with van der Waals surface area (Å²) in [4.78, 5) is 2.20. The summed E-state index contributed by atoms with van der Waals surface area (Å²) in [5, 5.41) is 3.29. The molecule has 0 spiro atoms. The molecule has 1 atom stereocenters. The van der Waals surface area contributed by atoms with Gasteiger partial charge in [0, 0.05) is 26.2 Å². The van der Waals surface area contributed by atoms with Crippen LogP contribution < -0.4 is 10.1 Å². The van der Waals surface area contributed by atoms with E-state index in [1.54, 1.807) is 0 Å². The van der Waals surface area contributed by atoms with Crippen molar-refractivity contribution in [2.24, 2.45) is 0 Å². The van der Waals surface area contributed by atoms with E-state index in [0.29, 0.717) is 6.61 Å². The van der Waals surface area contributed by atoms with Crippen LogP contribution in [0.4, 0.5) is 4.39 Å². The maximum Gasteiger partial charge on any atom is 0.119 e. The van der Waals surface area contributed by atoms with Gasteiger partial charge in [-0.1, -0.05) is 12.1 Å². The molecule has 18 heavy (non-hydrogen) atoms. The standard InChI is InChI=1S/C14H21FN2O/c1-2-18-13-5-3-4-12(10-13)14(11-15)17-8-6-16-7-9-17/h3-5,10,14,16H,2,6-9,11H2,1H3/t14-/m0/s1. The third kappa shape index (κ3) is 3.21. The minimum Gasteiger partial charge on any atom is -0.494 e. The van der Waals surface area contributed by atoms with Gasteiger partial charge < -0.3 is 10.1 Å². The zero-order chi connectivity index (χ0) is 12.8. The third-order valence-electron chi connectivity index (χ3n) is 3.29. The van der Waals surface area contributed by atoms with E-state index < -0.39 is 0 Å². The number of hydrogen-bond acceptors (Lipinski definition) is 3. The summed E-state index contributed by atoms with van der Waals surface area (Å²) in [7, 11) is 0. The summed E-state index contributed by atoms with van der Waals surface area (Å²) in [6, 6.07) is 7.64. The van der Waals surface area contributed by atoms with E-state index in [0.717, 1.165) is 37.5 Å². The first-order chi connectivity index (χ1) is 8.85. The molecule has 0 aliphatic carbocycles. The smallest absolute Gasteiger partial charge is 0.119 e. The Morgan fingerprint density at radius 2 is 2.17 bits per heavy atom. The first-order valence-corrected chi connectivity index (χ1v) is 6.58. The van der Waals surface area contributed by atoms with Gasteiger partial charge in [0.1, 0.15) is 12.4 Å². The molecule has 1 aromatic rings. The van der Waals surface area contributed by atoms with E-state index in [4.69, 9.17) is 4.74 Å². The van der Waals surface area contributed by atoms with Crippen LogP contribution in [0, 0.1) is 0 Å². The van der Waals surface area contributed by atoms with Crippen LogP contribution in [-0.4, -0.2) is 44.4 Å². The Morgan fingerprint density at radius 3 is 2.83 bits per heavy atom. The normalized spacial score (nSPS) is 18.6. The molecule has 0 saturated carbocycles. The number of rotatable bonds is 5. The Labute approximate surface area is 108 Å². The molecule has 1 heterocycles. The van der Waals surface area contributed by atoms with Gasteiger partial charge in [0.15, 0.2) is 0 Å². The van der Waals surface area contributed by atoms with Crippen LogP contribution in [0.1, 0.15) is 18.5 Å². The summed E-state index contributed by atoms with van der Waals surface area (Å²) >= 11 is 0. The number of halogens is 1. The summed E-state index contributed by atoms with van der Waals surface area (Å²) < 4.78 is 18.8. The van der Waals surface area contributed by atoms with Crippen molar-refractivity contribution in [3.05, 3.63) is 29.8 Å². The lowest BCUT2D eigenvalue weighted by Gasteiger charge is -2.33. The molecule has 3 nitrogen and oxygen atoms in total. The lowest BCUT2D eigenvalue weighted by Crippen LogP contribution is -2.45. The van der Waals surface area contributed by atoms with E-state index >= 15 is 0 Å². The van der Waals surface area contributed by atoms with E-state index in [2.05, 4.69) is 10.2 Å². The number of alkyl halides is 1. The number of benzene rings is 1. The zero-order valence-corrected chi connectivity index (χ0v) is 10.9. The Hall–Kier alpha value is -1.13. The molecule has 0 aromatic heterocycles. The van der Waals surface area contributed by atoms with Crippen LogP contribution >= 0.6 is 0 Å². The van der Waals surface area contributed by atoms with E-state index in [1.807, 2.05) is 31.2 Å². The molecule has 4 heteroatoms. The van der Waals surface area contributed by atoms with E-state index in [-0.39, 0.29) is 12.7 Å². The van der Waals surface area contributed by atoms with Gasteiger partial charge >= 0.3 is 0 Å². The Morgan fingerprint density at radius 1 is 1.39 bits per heavy atom. The van der Waals surface area contributed by atoms with Gasteiger partial charge in [-0.3, -0.25) is 4.90 Å². The minimum atomic E-state index is -0.352. The molecule has 1 aliphatic heterocycles. The van der Waals surface area contributed by atoms with Gasteiger partial charge in [-0.15, -0.1) is 0 Å². The van der Waals surface area contributed by atoms with Crippen molar-refractivity contribution in [1.82, 2.24) is 10.2 Å². The molecule has 0 amide bonds. The monoisotopic (exact) mass is 252 g/mol. The molecule has 1 N–H and O–H groups in total. The van der Waals surface area contributed by atoms with Crippen LogP contribution in [0.3, 0.4) is 0 Å². The number of ether oxygens (including phenoxy) is 1. The van der Waals surface area contributed by atoms with Gasteiger partial charge in [0.05, 0.1) is 12.6 Å². The molecule has 1 saturated heterocycles. The lowest BCUT2D eigenvalue weighted by atomic mass is 10.1. The third-order valence-corrected chi connectivity index (χ3v) is 3.29. The average Bonchev–Trinajstić information content (AvgIpc) is 2.42. The van der Waals surface area contributed by atoms with Crippen LogP contribution in [0.15, 0.2) is 24.3 Å². The Bertz CT molecular complexity index is 367. The molecule has 1 fully saturated rings. The van der Waals surface area contributed by atoms with Gasteiger partial charge in [-0.25, -0.2) is 4.39 Å². The molecule has 1 aromatic carbocycles. The van der Waals surface area contributed by atoms with E-state index in [9.17, 15) is 4.39 Å². The molecule has 2 rings (SSSR count). The maximum atomic E-state index is 13.3. The first-order valence-electron chi connectivity index (χ1n) is 6.58. The van der Waals surface area contributed by atoms with Crippen LogP contribution in [0.2, 0.25) is 0 Å². The fourth-order valence-electron chi connectivity index (χ4n) is 2.37. The van der Waals surface area contributed by atoms with Crippen LogP contribution in [0.5, 0.6) is 5.75 Å². The predicted molar refractivity (Wildman–Crippen MR) is 70.8 cm³/mol. The highest BCUT2D eigenvalue weighted by molar-refractivity contribution is 5.30. The number of piperazine rings is 1. The SMILES string of the molecule is CCOc1cccc([C@H](CF)N2CCNCC2)c1. The summed E-state index contributed by atoms with van der Waals surface area (Å²) in [5.41, 5.74) is 1.00. The quantitative estimate of drug-likeness (QED) is 0.867. The summed E-state index contributed by atoms with van der Waals surface area (Å²) in [6.45, 7) is 5.90. The van der Waals surface area contributed by atoms with Gasteiger partial charge in [0.25, 0.3) is 0 Å². The van der Waals surface area contributed by atoms with Crippen molar-refractivity contribution in [2.75, 3.05) is 39.5 Å². The van der Waals surface area contributed by atoms with Crippen molar-refractivity contribution in [1.29, 1.82) is 0 Å². The van der Waals surface area contributed by atoms with Crippen molar-refractivity contribution in [3.8, 4) is 5.75 Å². The van der Waals surface area contributed by atoms with Gasteiger partial charge in [-0.2, -0.15) is 0 Å². The molecule has 0 unspecified atom stereocenters. The number of hydrogen-bond donors (Lipinski definition) is 1. The minimum absolute atomic E-state index is 0.146. The molecular weight excluding hydrogens is 231 g/mol. The van der Waals surface area contributed by atoms with Crippen molar-refractivity contribution >= 4 is 0 Å². The second-order valence-corrected chi connectivity index (χ2v) is 4.46. The molecule has 0 bridgehead atoms. The first kappa shape index (κ1) is 13.3. The van der Waals surface area contributed by atoms with Crippen molar-refractivity contribution in [2.45, 2.75) is 13.0 Å². The molecule has 100 valence electrons. The zero-order valence-electron chi connectivity index (χ0n) is 10.9. The fraction of sp³-hybridized carbons (Fsp3) is 0.571. The molecule has 0 radical (unpaired) electrons. The highest BCUT2D eigenvalue weighted by atomic mass is 19.1.